The third kappa shape index (κ3) is 1.78. The van der Waals surface area contributed by atoms with Gasteiger partial charge in [0, 0.05) is 6.54 Å². The maximum absolute atomic E-state index is 5.64. The molecule has 1 fully saturated rings. The Kier molecular flexibility index (Phi) is 1.92. The molecule has 4 heteroatoms. The van der Waals surface area contributed by atoms with E-state index >= 15 is 0 Å². The third-order valence-electron chi connectivity index (χ3n) is 2.43. The lowest BCUT2D eigenvalue weighted by atomic mass is 10.2. The van der Waals surface area contributed by atoms with Gasteiger partial charge in [-0.05, 0) is 31.4 Å². The fourth-order valence-corrected chi connectivity index (χ4v) is 1.33. The van der Waals surface area contributed by atoms with Crippen LogP contribution in [-0.2, 0) is 0 Å². The molecule has 0 radical (unpaired) electrons. The van der Waals surface area contributed by atoms with Gasteiger partial charge in [-0.3, -0.25) is 0 Å². The minimum absolute atomic E-state index is 0.114. The third-order valence-corrected chi connectivity index (χ3v) is 2.43. The quantitative estimate of drug-likeness (QED) is 0.714. The van der Waals surface area contributed by atoms with Crippen molar-refractivity contribution in [2.75, 3.05) is 11.9 Å². The molecule has 1 aliphatic rings. The zero-order chi connectivity index (χ0) is 9.31. The molecule has 1 aliphatic carbocycles. The molecule has 1 heterocycles. The summed E-state index contributed by atoms with van der Waals surface area (Å²) in [4.78, 5) is 0. The van der Waals surface area contributed by atoms with Crippen LogP contribution in [0, 0.1) is 6.92 Å². The molecular formula is C9H14N4. The molecule has 2 rings (SSSR count). The first-order valence-electron chi connectivity index (χ1n) is 4.52. The minimum atomic E-state index is 0.114. The molecular weight excluding hydrogens is 164 g/mol. The Balaban J connectivity index is 2.09. The van der Waals surface area contributed by atoms with Gasteiger partial charge in [0.2, 0.25) is 0 Å². The zero-order valence-corrected chi connectivity index (χ0v) is 7.75. The van der Waals surface area contributed by atoms with Crippen LogP contribution in [0.2, 0.25) is 0 Å². The van der Waals surface area contributed by atoms with Crippen molar-refractivity contribution in [3.8, 4) is 0 Å². The second kappa shape index (κ2) is 2.96. The van der Waals surface area contributed by atoms with E-state index in [1.54, 1.807) is 6.20 Å². The Morgan fingerprint density at radius 1 is 1.62 bits per heavy atom. The SMILES string of the molecule is Cc1cnnc(NC2(CN)CC2)c1. The molecule has 0 aromatic carbocycles. The molecule has 1 aromatic rings. The average Bonchev–Trinajstić information content (AvgIpc) is 2.86. The van der Waals surface area contributed by atoms with E-state index in [1.807, 2.05) is 13.0 Å². The Labute approximate surface area is 77.5 Å². The van der Waals surface area contributed by atoms with Gasteiger partial charge < -0.3 is 11.1 Å². The van der Waals surface area contributed by atoms with Crippen molar-refractivity contribution >= 4 is 5.82 Å². The number of nitrogens with zero attached hydrogens (tertiary/aromatic N) is 2. The van der Waals surface area contributed by atoms with E-state index < -0.39 is 0 Å². The first kappa shape index (κ1) is 8.44. The maximum atomic E-state index is 5.64. The molecule has 13 heavy (non-hydrogen) atoms. The van der Waals surface area contributed by atoms with E-state index in [4.69, 9.17) is 5.73 Å². The first-order chi connectivity index (χ1) is 6.24. The summed E-state index contributed by atoms with van der Waals surface area (Å²) < 4.78 is 0. The van der Waals surface area contributed by atoms with E-state index in [0.29, 0.717) is 6.54 Å². The van der Waals surface area contributed by atoms with Gasteiger partial charge in [-0.2, -0.15) is 5.10 Å². The van der Waals surface area contributed by atoms with Crippen LogP contribution in [0.1, 0.15) is 18.4 Å². The molecule has 0 amide bonds. The van der Waals surface area contributed by atoms with Crippen LogP contribution in [0.3, 0.4) is 0 Å². The second-order valence-corrected chi connectivity index (χ2v) is 3.73. The van der Waals surface area contributed by atoms with Gasteiger partial charge in [-0.1, -0.05) is 0 Å². The highest BCUT2D eigenvalue weighted by Gasteiger charge is 2.41. The number of nitrogens with one attached hydrogen (secondary N) is 1. The van der Waals surface area contributed by atoms with E-state index in [9.17, 15) is 0 Å². The Hall–Kier alpha value is -1.16. The lowest BCUT2D eigenvalue weighted by molar-refractivity contribution is 0.732. The molecule has 70 valence electrons. The monoisotopic (exact) mass is 178 g/mol. The normalized spacial score (nSPS) is 18.3. The van der Waals surface area contributed by atoms with Crippen LogP contribution < -0.4 is 11.1 Å². The summed E-state index contributed by atoms with van der Waals surface area (Å²) in [5.41, 5.74) is 6.87. The van der Waals surface area contributed by atoms with Crippen LogP contribution in [0.5, 0.6) is 0 Å². The fraction of sp³-hybridized carbons (Fsp3) is 0.556. The summed E-state index contributed by atoms with van der Waals surface area (Å²) in [6.45, 7) is 2.67. The van der Waals surface area contributed by atoms with Crippen LogP contribution in [-0.4, -0.2) is 22.3 Å². The van der Waals surface area contributed by atoms with E-state index in [2.05, 4.69) is 15.5 Å². The summed E-state index contributed by atoms with van der Waals surface area (Å²) in [5.74, 6) is 0.836. The number of aryl methyl sites for hydroxylation is 1. The largest absolute Gasteiger partial charge is 0.362 e. The number of anilines is 1. The zero-order valence-electron chi connectivity index (χ0n) is 7.75. The van der Waals surface area contributed by atoms with Crippen LogP contribution in [0.15, 0.2) is 12.3 Å². The van der Waals surface area contributed by atoms with Crippen molar-refractivity contribution < 1.29 is 0 Å². The van der Waals surface area contributed by atoms with Gasteiger partial charge in [-0.15, -0.1) is 5.10 Å². The van der Waals surface area contributed by atoms with Crippen molar-refractivity contribution in [2.45, 2.75) is 25.3 Å². The van der Waals surface area contributed by atoms with Gasteiger partial charge in [0.25, 0.3) is 0 Å². The smallest absolute Gasteiger partial charge is 0.149 e. The standard InChI is InChI=1S/C9H14N4/c1-7-4-8(13-11-5-7)12-9(6-10)2-3-9/h4-5H,2-3,6,10H2,1H3,(H,12,13). The van der Waals surface area contributed by atoms with Gasteiger partial charge in [-0.25, -0.2) is 0 Å². The highest BCUT2D eigenvalue weighted by Crippen LogP contribution is 2.37. The Bertz CT molecular complexity index is 306. The lowest BCUT2D eigenvalue weighted by Crippen LogP contribution is -2.31. The Morgan fingerprint density at radius 3 is 2.92 bits per heavy atom. The number of aromatic nitrogens is 2. The summed E-state index contributed by atoms with van der Waals surface area (Å²) in [7, 11) is 0. The predicted molar refractivity (Wildman–Crippen MR) is 51.4 cm³/mol. The summed E-state index contributed by atoms with van der Waals surface area (Å²) in [6.07, 6.45) is 4.02. The van der Waals surface area contributed by atoms with Gasteiger partial charge in [0.15, 0.2) is 0 Å². The van der Waals surface area contributed by atoms with E-state index in [0.717, 1.165) is 24.2 Å². The van der Waals surface area contributed by atoms with Crippen LogP contribution >= 0.6 is 0 Å². The topological polar surface area (TPSA) is 63.8 Å². The van der Waals surface area contributed by atoms with Gasteiger partial charge in [0.05, 0.1) is 11.7 Å². The first-order valence-corrected chi connectivity index (χ1v) is 4.52. The average molecular weight is 178 g/mol. The molecule has 0 bridgehead atoms. The Morgan fingerprint density at radius 2 is 2.38 bits per heavy atom. The molecule has 1 saturated carbocycles. The summed E-state index contributed by atoms with van der Waals surface area (Å²) >= 11 is 0. The second-order valence-electron chi connectivity index (χ2n) is 3.73. The molecule has 4 nitrogen and oxygen atoms in total. The molecule has 3 N–H and O–H groups in total. The van der Waals surface area contributed by atoms with Crippen LogP contribution in [0.25, 0.3) is 0 Å². The predicted octanol–water partition coefficient (Wildman–Crippen LogP) is 0.688. The molecule has 0 spiro atoms. The molecule has 0 aliphatic heterocycles. The van der Waals surface area contributed by atoms with Gasteiger partial charge in [0.1, 0.15) is 5.82 Å². The number of rotatable bonds is 3. The van der Waals surface area contributed by atoms with Crippen molar-refractivity contribution in [3.05, 3.63) is 17.8 Å². The van der Waals surface area contributed by atoms with Crippen molar-refractivity contribution in [3.63, 3.8) is 0 Å². The van der Waals surface area contributed by atoms with Gasteiger partial charge >= 0.3 is 0 Å². The van der Waals surface area contributed by atoms with Crippen molar-refractivity contribution in [1.82, 2.24) is 10.2 Å². The maximum Gasteiger partial charge on any atom is 0.149 e. The lowest BCUT2D eigenvalue weighted by Gasteiger charge is -2.14. The summed E-state index contributed by atoms with van der Waals surface area (Å²) in [5, 5.41) is 11.2. The number of hydrogen-bond acceptors (Lipinski definition) is 4. The van der Waals surface area contributed by atoms with Crippen molar-refractivity contribution in [2.24, 2.45) is 5.73 Å². The molecule has 0 atom stereocenters. The molecule has 0 saturated heterocycles. The highest BCUT2D eigenvalue weighted by atomic mass is 15.2. The van der Waals surface area contributed by atoms with E-state index in [1.165, 1.54) is 0 Å². The fourth-order valence-electron chi connectivity index (χ4n) is 1.33. The van der Waals surface area contributed by atoms with Crippen LogP contribution in [0.4, 0.5) is 5.82 Å². The molecule has 0 unspecified atom stereocenters. The number of nitrogens with two attached hydrogens (primary N) is 1. The highest BCUT2D eigenvalue weighted by molar-refractivity contribution is 5.41. The number of hydrogen-bond donors (Lipinski definition) is 2. The minimum Gasteiger partial charge on any atom is -0.362 e. The van der Waals surface area contributed by atoms with Crippen molar-refractivity contribution in [1.29, 1.82) is 0 Å². The van der Waals surface area contributed by atoms with E-state index in [-0.39, 0.29) is 5.54 Å². The molecule has 1 aromatic heterocycles. The summed E-state index contributed by atoms with van der Waals surface area (Å²) in [6, 6.07) is 1.99.